The highest BCUT2D eigenvalue weighted by Gasteiger charge is 2.34. The number of anilines is 1. The van der Waals surface area contributed by atoms with Gasteiger partial charge in [0, 0.05) is 12.7 Å². The van der Waals surface area contributed by atoms with Crippen LogP contribution in [0, 0.1) is 5.92 Å². The van der Waals surface area contributed by atoms with Crippen LogP contribution >= 0.6 is 0 Å². The first-order valence-corrected chi connectivity index (χ1v) is 6.64. The average Bonchev–Trinajstić information content (AvgIpc) is 2.81. The van der Waals surface area contributed by atoms with Crippen LogP contribution in [0.5, 0.6) is 0 Å². The van der Waals surface area contributed by atoms with Gasteiger partial charge in [0.25, 0.3) is 0 Å². The summed E-state index contributed by atoms with van der Waals surface area (Å²) in [5.41, 5.74) is 0.690. The normalized spacial score (nSPS) is 20.0. The third-order valence-electron chi connectivity index (χ3n) is 3.16. The summed E-state index contributed by atoms with van der Waals surface area (Å²) in [6.07, 6.45) is 4.08. The highest BCUT2D eigenvalue weighted by Crippen LogP contribution is 2.19. The maximum absolute atomic E-state index is 12.4. The summed E-state index contributed by atoms with van der Waals surface area (Å²) >= 11 is 0. The van der Waals surface area contributed by atoms with Gasteiger partial charge in [-0.25, -0.2) is 0 Å². The maximum atomic E-state index is 12.4. The molecular formula is C13H20N4O2. The Kier molecular flexibility index (Phi) is 3.87. The lowest BCUT2D eigenvalue weighted by Gasteiger charge is -2.32. The van der Waals surface area contributed by atoms with E-state index in [1.807, 2.05) is 20.8 Å². The molecule has 6 heteroatoms. The third-order valence-corrected chi connectivity index (χ3v) is 3.16. The van der Waals surface area contributed by atoms with Gasteiger partial charge in [0.1, 0.15) is 12.6 Å². The van der Waals surface area contributed by atoms with Gasteiger partial charge in [-0.1, -0.05) is 13.8 Å². The first-order valence-electron chi connectivity index (χ1n) is 6.64. The average molecular weight is 264 g/mol. The Morgan fingerprint density at radius 1 is 1.47 bits per heavy atom. The van der Waals surface area contributed by atoms with Crippen LogP contribution < -0.4 is 10.2 Å². The highest BCUT2D eigenvalue weighted by atomic mass is 16.2. The molecule has 1 aromatic heterocycles. The van der Waals surface area contributed by atoms with Gasteiger partial charge in [-0.2, -0.15) is 5.10 Å². The van der Waals surface area contributed by atoms with Crippen molar-refractivity contribution >= 4 is 17.5 Å². The van der Waals surface area contributed by atoms with Crippen molar-refractivity contribution < 1.29 is 9.59 Å². The Bertz CT molecular complexity index is 481. The molecule has 1 aromatic rings. The van der Waals surface area contributed by atoms with Crippen molar-refractivity contribution in [3.63, 3.8) is 0 Å². The summed E-state index contributed by atoms with van der Waals surface area (Å²) in [6, 6.07) is -0.425. The van der Waals surface area contributed by atoms with E-state index in [2.05, 4.69) is 10.4 Å². The summed E-state index contributed by atoms with van der Waals surface area (Å²) in [5.74, 6) is 0.186. The van der Waals surface area contributed by atoms with Crippen molar-refractivity contribution in [2.24, 2.45) is 5.92 Å². The van der Waals surface area contributed by atoms with Crippen molar-refractivity contribution in [1.82, 2.24) is 15.1 Å². The minimum atomic E-state index is -0.425. The Balaban J connectivity index is 2.19. The molecule has 1 aliphatic rings. The first kappa shape index (κ1) is 13.6. The molecule has 104 valence electrons. The molecule has 1 N–H and O–H groups in total. The van der Waals surface area contributed by atoms with Gasteiger partial charge in [-0.3, -0.25) is 19.2 Å². The van der Waals surface area contributed by atoms with Crippen molar-refractivity contribution in [1.29, 1.82) is 0 Å². The van der Waals surface area contributed by atoms with Gasteiger partial charge in [-0.15, -0.1) is 0 Å². The van der Waals surface area contributed by atoms with Crippen LogP contribution in [0.1, 0.15) is 27.2 Å². The molecule has 1 aliphatic heterocycles. The number of hydrogen-bond acceptors (Lipinski definition) is 3. The van der Waals surface area contributed by atoms with E-state index in [0.29, 0.717) is 18.0 Å². The van der Waals surface area contributed by atoms with E-state index in [-0.39, 0.29) is 18.4 Å². The zero-order valence-corrected chi connectivity index (χ0v) is 11.6. The number of nitrogens with one attached hydrogen (secondary N) is 1. The van der Waals surface area contributed by atoms with Gasteiger partial charge in [0.05, 0.1) is 11.9 Å². The number of amides is 2. The van der Waals surface area contributed by atoms with Gasteiger partial charge in [0.15, 0.2) is 0 Å². The number of nitrogens with zero attached hydrogens (tertiary/aromatic N) is 3. The van der Waals surface area contributed by atoms with Gasteiger partial charge in [-0.05, 0) is 19.3 Å². The summed E-state index contributed by atoms with van der Waals surface area (Å²) in [5, 5.41) is 6.91. The molecule has 1 fully saturated rings. The Morgan fingerprint density at radius 3 is 2.79 bits per heavy atom. The van der Waals surface area contributed by atoms with Crippen LogP contribution in [-0.2, 0) is 16.1 Å². The predicted octanol–water partition coefficient (Wildman–Crippen LogP) is 0.780. The van der Waals surface area contributed by atoms with E-state index in [0.717, 1.165) is 6.54 Å². The molecule has 0 saturated carbocycles. The largest absolute Gasteiger partial charge is 0.343 e. The maximum Gasteiger partial charge on any atom is 0.250 e. The molecule has 1 saturated heterocycles. The second-order valence-corrected chi connectivity index (χ2v) is 5.23. The summed E-state index contributed by atoms with van der Waals surface area (Å²) in [4.78, 5) is 25.6. The van der Waals surface area contributed by atoms with E-state index in [4.69, 9.17) is 0 Å². The molecule has 19 heavy (non-hydrogen) atoms. The summed E-state index contributed by atoms with van der Waals surface area (Å²) in [7, 11) is 0. The van der Waals surface area contributed by atoms with Crippen molar-refractivity contribution in [3.05, 3.63) is 12.4 Å². The van der Waals surface area contributed by atoms with Gasteiger partial charge < -0.3 is 5.32 Å². The second-order valence-electron chi connectivity index (χ2n) is 5.23. The smallest absolute Gasteiger partial charge is 0.250 e. The van der Waals surface area contributed by atoms with Crippen LogP contribution in [0.2, 0.25) is 0 Å². The number of carbonyl (C=O) groups excluding carboxylic acids is 2. The van der Waals surface area contributed by atoms with Crippen molar-refractivity contribution in [3.8, 4) is 0 Å². The second kappa shape index (κ2) is 5.42. The number of rotatable bonds is 4. The molecule has 1 atom stereocenters. The lowest BCUT2D eigenvalue weighted by Crippen LogP contribution is -2.58. The van der Waals surface area contributed by atoms with E-state index in [9.17, 15) is 9.59 Å². The zero-order chi connectivity index (χ0) is 14.0. The molecule has 0 spiro atoms. The molecule has 0 aliphatic carbocycles. The van der Waals surface area contributed by atoms with E-state index in [1.54, 1.807) is 17.1 Å². The minimum Gasteiger partial charge on any atom is -0.343 e. The van der Waals surface area contributed by atoms with Crippen molar-refractivity contribution in [2.75, 3.05) is 11.4 Å². The lowest BCUT2D eigenvalue weighted by molar-refractivity contribution is -0.131. The number of hydrogen-bond donors (Lipinski definition) is 1. The lowest BCUT2D eigenvalue weighted by atomic mass is 10.0. The van der Waals surface area contributed by atoms with Gasteiger partial charge >= 0.3 is 0 Å². The van der Waals surface area contributed by atoms with E-state index in [1.165, 1.54) is 4.90 Å². The Morgan fingerprint density at radius 2 is 2.21 bits per heavy atom. The molecule has 6 nitrogen and oxygen atoms in total. The fourth-order valence-corrected chi connectivity index (χ4v) is 2.23. The first-order chi connectivity index (χ1) is 9.01. The molecular weight excluding hydrogens is 244 g/mol. The number of aryl methyl sites for hydroxylation is 1. The molecule has 1 unspecified atom stereocenters. The van der Waals surface area contributed by atoms with Crippen LogP contribution in [-0.4, -0.2) is 34.2 Å². The summed E-state index contributed by atoms with van der Waals surface area (Å²) in [6.45, 7) is 6.86. The standard InChI is InChI=1S/C13H20N4O2/c1-4-16-7-10(6-14-16)17-8-12(18)15-11(13(17)19)5-9(2)3/h6-7,9,11H,4-5,8H2,1-3H3,(H,15,18). The van der Waals surface area contributed by atoms with Crippen molar-refractivity contribution in [2.45, 2.75) is 39.8 Å². The molecule has 0 aromatic carbocycles. The van der Waals surface area contributed by atoms with E-state index >= 15 is 0 Å². The summed E-state index contributed by atoms with van der Waals surface area (Å²) < 4.78 is 1.74. The topological polar surface area (TPSA) is 67.2 Å². The Labute approximate surface area is 112 Å². The number of aromatic nitrogens is 2. The zero-order valence-electron chi connectivity index (χ0n) is 11.6. The fourth-order valence-electron chi connectivity index (χ4n) is 2.23. The molecule has 0 radical (unpaired) electrons. The van der Waals surface area contributed by atoms with Crippen LogP contribution in [0.25, 0.3) is 0 Å². The monoisotopic (exact) mass is 264 g/mol. The number of piperazine rings is 1. The molecule has 2 heterocycles. The predicted molar refractivity (Wildman–Crippen MR) is 71.6 cm³/mol. The SMILES string of the molecule is CCn1cc(N2CC(=O)NC(CC(C)C)C2=O)cn1. The molecule has 2 rings (SSSR count). The minimum absolute atomic E-state index is 0.0519. The Hall–Kier alpha value is -1.85. The quantitative estimate of drug-likeness (QED) is 0.874. The van der Waals surface area contributed by atoms with E-state index < -0.39 is 6.04 Å². The highest BCUT2D eigenvalue weighted by molar-refractivity contribution is 6.06. The van der Waals surface area contributed by atoms with Crippen LogP contribution in [0.3, 0.4) is 0 Å². The third kappa shape index (κ3) is 2.94. The number of carbonyl (C=O) groups is 2. The fraction of sp³-hybridized carbons (Fsp3) is 0.615. The molecule has 2 amide bonds. The van der Waals surface area contributed by atoms with Crippen LogP contribution in [0.15, 0.2) is 12.4 Å². The van der Waals surface area contributed by atoms with Gasteiger partial charge in [0.2, 0.25) is 11.8 Å². The molecule has 0 bridgehead atoms. The van der Waals surface area contributed by atoms with Crippen LogP contribution in [0.4, 0.5) is 5.69 Å².